The minimum absolute atomic E-state index is 0.0701. The zero-order chi connectivity index (χ0) is 25.3. The van der Waals surface area contributed by atoms with Gasteiger partial charge >= 0.3 is 6.03 Å². The molecule has 5 rings (SSSR count). The van der Waals surface area contributed by atoms with Crippen molar-refractivity contribution in [1.29, 1.82) is 0 Å². The van der Waals surface area contributed by atoms with Gasteiger partial charge in [0.15, 0.2) is 11.5 Å². The van der Waals surface area contributed by atoms with E-state index in [2.05, 4.69) is 39.5 Å². The molecule has 0 radical (unpaired) electrons. The number of carbonyl (C=O) groups is 2. The van der Waals surface area contributed by atoms with E-state index in [4.69, 9.17) is 9.47 Å². The third-order valence-electron chi connectivity index (χ3n) is 7.59. The standard InChI is InChI=1S/C28H32N4O4/c1-28(26(33)32(27(34)30-28)18-21-6-4-8-24(35-2)25(21)36-3)22-11-14-31(15-12-22)17-19-9-10-20-7-5-13-29-23(20)16-19/h4-10,13,16,22H,11-12,14-15,17-18H2,1-3H3,(H,30,34). The third-order valence-corrected chi connectivity index (χ3v) is 7.59. The number of aromatic nitrogens is 1. The maximum Gasteiger partial charge on any atom is 0.325 e. The monoisotopic (exact) mass is 488 g/mol. The number of para-hydroxylation sites is 1. The van der Waals surface area contributed by atoms with E-state index in [1.54, 1.807) is 20.3 Å². The van der Waals surface area contributed by atoms with E-state index in [0.717, 1.165) is 48.9 Å². The largest absolute Gasteiger partial charge is 0.493 e. The highest BCUT2D eigenvalue weighted by Gasteiger charge is 2.52. The Morgan fingerprint density at radius 1 is 1.03 bits per heavy atom. The zero-order valence-electron chi connectivity index (χ0n) is 21.0. The molecule has 1 unspecified atom stereocenters. The van der Waals surface area contributed by atoms with Crippen molar-refractivity contribution in [2.45, 2.75) is 38.4 Å². The number of benzene rings is 2. The molecule has 2 aliphatic heterocycles. The van der Waals surface area contributed by atoms with E-state index in [1.807, 2.05) is 31.3 Å². The fourth-order valence-corrected chi connectivity index (χ4v) is 5.52. The van der Waals surface area contributed by atoms with Crippen LogP contribution in [0.3, 0.4) is 0 Å². The van der Waals surface area contributed by atoms with Crippen LogP contribution in [0, 0.1) is 5.92 Å². The summed E-state index contributed by atoms with van der Waals surface area (Å²) < 4.78 is 10.9. The van der Waals surface area contributed by atoms with Gasteiger partial charge in [0.05, 0.1) is 26.3 Å². The lowest BCUT2D eigenvalue weighted by molar-refractivity contribution is -0.133. The maximum atomic E-state index is 13.5. The maximum absolute atomic E-state index is 13.5. The number of pyridine rings is 1. The van der Waals surface area contributed by atoms with E-state index in [1.165, 1.54) is 10.5 Å². The van der Waals surface area contributed by atoms with Crippen molar-refractivity contribution in [3.05, 3.63) is 65.9 Å². The molecule has 2 aromatic carbocycles. The first-order chi connectivity index (χ1) is 17.4. The van der Waals surface area contributed by atoms with Crippen molar-refractivity contribution in [3.63, 3.8) is 0 Å². The van der Waals surface area contributed by atoms with Crippen molar-refractivity contribution < 1.29 is 19.1 Å². The van der Waals surface area contributed by atoms with Gasteiger partial charge in [-0.05, 0) is 62.5 Å². The predicted molar refractivity (Wildman–Crippen MR) is 137 cm³/mol. The molecule has 3 aromatic rings. The van der Waals surface area contributed by atoms with E-state index >= 15 is 0 Å². The second-order valence-electron chi connectivity index (χ2n) is 9.76. The van der Waals surface area contributed by atoms with Gasteiger partial charge in [0.25, 0.3) is 5.91 Å². The molecule has 8 heteroatoms. The fraction of sp³-hybridized carbons (Fsp3) is 0.393. The summed E-state index contributed by atoms with van der Waals surface area (Å²) in [6.45, 7) is 4.58. The molecule has 8 nitrogen and oxygen atoms in total. The van der Waals surface area contributed by atoms with Gasteiger partial charge in [-0.2, -0.15) is 0 Å². The van der Waals surface area contributed by atoms with E-state index in [-0.39, 0.29) is 24.4 Å². The molecular formula is C28H32N4O4. The fourth-order valence-electron chi connectivity index (χ4n) is 5.52. The topological polar surface area (TPSA) is 84.0 Å². The molecule has 0 bridgehead atoms. The summed E-state index contributed by atoms with van der Waals surface area (Å²) in [7, 11) is 3.12. The molecule has 3 heterocycles. The first-order valence-corrected chi connectivity index (χ1v) is 12.3. The van der Waals surface area contributed by atoms with Gasteiger partial charge in [0.2, 0.25) is 0 Å². The van der Waals surface area contributed by atoms with Crippen molar-refractivity contribution in [2.75, 3.05) is 27.3 Å². The zero-order valence-corrected chi connectivity index (χ0v) is 21.0. The predicted octanol–water partition coefficient (Wildman–Crippen LogP) is 3.97. The van der Waals surface area contributed by atoms with Crippen LogP contribution in [-0.2, 0) is 17.9 Å². The molecule has 2 fully saturated rings. The Bertz CT molecular complexity index is 1290. The van der Waals surface area contributed by atoms with Crippen molar-refractivity contribution in [1.82, 2.24) is 20.1 Å². The molecule has 0 spiro atoms. The smallest absolute Gasteiger partial charge is 0.325 e. The highest BCUT2D eigenvalue weighted by molar-refractivity contribution is 6.07. The number of hydrogen-bond donors (Lipinski definition) is 1. The Labute approximate surface area is 211 Å². The summed E-state index contributed by atoms with van der Waals surface area (Å²) in [5.74, 6) is 0.989. The average Bonchev–Trinajstić information content (AvgIpc) is 3.12. The molecule has 2 aliphatic rings. The van der Waals surface area contributed by atoms with Crippen molar-refractivity contribution >= 4 is 22.8 Å². The molecule has 3 amide bonds. The first kappa shape index (κ1) is 24.1. The molecule has 2 saturated heterocycles. The Morgan fingerprint density at radius 3 is 2.58 bits per heavy atom. The molecule has 0 aliphatic carbocycles. The first-order valence-electron chi connectivity index (χ1n) is 12.3. The molecular weight excluding hydrogens is 456 g/mol. The summed E-state index contributed by atoms with van der Waals surface area (Å²) in [6, 6.07) is 15.5. The molecule has 1 atom stereocenters. The Hall–Kier alpha value is -3.65. The number of hydrogen-bond acceptors (Lipinski definition) is 6. The van der Waals surface area contributed by atoms with Crippen LogP contribution in [-0.4, -0.2) is 59.6 Å². The second kappa shape index (κ2) is 9.78. The lowest BCUT2D eigenvalue weighted by atomic mass is 9.79. The molecule has 1 N–H and O–H groups in total. The Balaban J connectivity index is 1.24. The Morgan fingerprint density at radius 2 is 1.83 bits per heavy atom. The number of methoxy groups -OCH3 is 2. The molecule has 36 heavy (non-hydrogen) atoms. The molecule has 1 aromatic heterocycles. The minimum atomic E-state index is -0.915. The summed E-state index contributed by atoms with van der Waals surface area (Å²) in [6.07, 6.45) is 3.49. The summed E-state index contributed by atoms with van der Waals surface area (Å²) >= 11 is 0. The summed E-state index contributed by atoms with van der Waals surface area (Å²) in [4.78, 5) is 34.6. The number of urea groups is 1. The highest BCUT2D eigenvalue weighted by atomic mass is 16.5. The van der Waals surface area contributed by atoms with Gasteiger partial charge in [0, 0.05) is 23.7 Å². The summed E-state index contributed by atoms with van der Waals surface area (Å²) in [5.41, 5.74) is 2.05. The third kappa shape index (κ3) is 4.37. The van der Waals surface area contributed by atoms with Crippen LogP contribution in [0.5, 0.6) is 11.5 Å². The lowest BCUT2D eigenvalue weighted by Gasteiger charge is -2.39. The van der Waals surface area contributed by atoms with Crippen LogP contribution in [0.1, 0.15) is 30.9 Å². The number of carbonyl (C=O) groups excluding carboxylic acids is 2. The highest BCUT2D eigenvalue weighted by Crippen LogP contribution is 2.36. The Kier molecular flexibility index (Phi) is 6.53. The van der Waals surface area contributed by atoms with Crippen LogP contribution in [0.2, 0.25) is 0 Å². The lowest BCUT2D eigenvalue weighted by Crippen LogP contribution is -2.53. The van der Waals surface area contributed by atoms with Crippen molar-refractivity contribution in [2.24, 2.45) is 5.92 Å². The number of fused-ring (bicyclic) bond motifs is 1. The van der Waals surface area contributed by atoms with Crippen LogP contribution in [0.15, 0.2) is 54.7 Å². The van der Waals surface area contributed by atoms with Gasteiger partial charge in [-0.25, -0.2) is 4.79 Å². The number of nitrogens with one attached hydrogen (secondary N) is 1. The SMILES string of the molecule is COc1cccc(CN2C(=O)NC(C)(C3CCN(Cc4ccc5cccnc5c4)CC3)C2=O)c1OC. The van der Waals surface area contributed by atoms with Gasteiger partial charge in [0.1, 0.15) is 5.54 Å². The van der Waals surface area contributed by atoms with Gasteiger partial charge < -0.3 is 14.8 Å². The number of ether oxygens (including phenoxy) is 2. The quantitative estimate of drug-likeness (QED) is 0.507. The minimum Gasteiger partial charge on any atom is -0.493 e. The van der Waals surface area contributed by atoms with Gasteiger partial charge in [-0.1, -0.05) is 30.3 Å². The normalized spacial score (nSPS) is 21.1. The van der Waals surface area contributed by atoms with E-state index in [0.29, 0.717) is 11.5 Å². The average molecular weight is 489 g/mol. The van der Waals surface area contributed by atoms with E-state index in [9.17, 15) is 9.59 Å². The van der Waals surface area contributed by atoms with Crippen LogP contribution < -0.4 is 14.8 Å². The number of nitrogens with zero attached hydrogens (tertiary/aromatic N) is 3. The number of rotatable bonds is 7. The number of amides is 3. The number of likely N-dealkylation sites (tertiary alicyclic amines) is 1. The van der Waals surface area contributed by atoms with Crippen molar-refractivity contribution in [3.8, 4) is 11.5 Å². The van der Waals surface area contributed by atoms with E-state index < -0.39 is 5.54 Å². The van der Waals surface area contributed by atoms with Gasteiger partial charge in [-0.3, -0.25) is 19.6 Å². The number of piperidine rings is 1. The van der Waals surface area contributed by atoms with Crippen LogP contribution in [0.4, 0.5) is 4.79 Å². The van der Waals surface area contributed by atoms with Crippen LogP contribution in [0.25, 0.3) is 10.9 Å². The van der Waals surface area contributed by atoms with Crippen LogP contribution >= 0.6 is 0 Å². The molecule has 188 valence electrons. The van der Waals surface area contributed by atoms with Gasteiger partial charge in [-0.15, -0.1) is 0 Å². The second-order valence-corrected chi connectivity index (χ2v) is 9.76. The molecule has 0 saturated carbocycles. The summed E-state index contributed by atoms with van der Waals surface area (Å²) in [5, 5.41) is 4.15. The number of imide groups is 1.